The minimum absolute atomic E-state index is 0.306. The Morgan fingerprint density at radius 1 is 1.07 bits per heavy atom. The number of nitriles is 1. The third kappa shape index (κ3) is 3.97. The number of halogens is 1. The summed E-state index contributed by atoms with van der Waals surface area (Å²) in [5, 5.41) is 12.0. The van der Waals surface area contributed by atoms with Crippen LogP contribution in [0.25, 0.3) is 22.9 Å². The summed E-state index contributed by atoms with van der Waals surface area (Å²) in [7, 11) is 4.60. The summed E-state index contributed by atoms with van der Waals surface area (Å²) in [4.78, 5) is 4.51. The molecule has 0 unspecified atom stereocenters. The zero-order valence-electron chi connectivity index (χ0n) is 15.5. The maximum Gasteiger partial charge on any atom is 0.203 e. The Bertz CT molecular complexity index is 1030. The molecule has 0 amide bonds. The lowest BCUT2D eigenvalue weighted by atomic mass is 10.1. The lowest BCUT2D eigenvalue weighted by Gasteiger charge is -2.13. The minimum atomic E-state index is -0.306. The van der Waals surface area contributed by atoms with Gasteiger partial charge in [0.05, 0.1) is 32.6 Å². The van der Waals surface area contributed by atoms with E-state index in [4.69, 9.17) is 14.2 Å². The Kier molecular flexibility index (Phi) is 5.92. The molecule has 0 N–H and O–H groups in total. The second-order valence-corrected chi connectivity index (χ2v) is 6.53. The van der Waals surface area contributed by atoms with E-state index in [-0.39, 0.29) is 5.82 Å². The largest absolute Gasteiger partial charge is 0.493 e. The van der Waals surface area contributed by atoms with Crippen molar-refractivity contribution in [2.75, 3.05) is 21.3 Å². The van der Waals surface area contributed by atoms with Crippen molar-refractivity contribution in [3.05, 3.63) is 58.2 Å². The molecule has 1 aromatic heterocycles. The van der Waals surface area contributed by atoms with Crippen molar-refractivity contribution >= 4 is 23.0 Å². The van der Waals surface area contributed by atoms with E-state index in [9.17, 15) is 9.65 Å². The smallest absolute Gasteiger partial charge is 0.203 e. The van der Waals surface area contributed by atoms with Gasteiger partial charge in [-0.3, -0.25) is 0 Å². The van der Waals surface area contributed by atoms with Crippen molar-refractivity contribution in [3.8, 4) is 34.6 Å². The van der Waals surface area contributed by atoms with Gasteiger partial charge in [-0.05, 0) is 48.0 Å². The number of methoxy groups -OCH3 is 3. The highest BCUT2D eigenvalue weighted by Crippen LogP contribution is 2.39. The maximum atomic E-state index is 13.1. The van der Waals surface area contributed by atoms with Crippen molar-refractivity contribution < 1.29 is 18.6 Å². The monoisotopic (exact) mass is 396 g/mol. The Morgan fingerprint density at radius 3 is 2.25 bits per heavy atom. The highest BCUT2D eigenvalue weighted by atomic mass is 32.1. The number of hydrogen-bond acceptors (Lipinski definition) is 6. The summed E-state index contributed by atoms with van der Waals surface area (Å²) in [6, 6.07) is 11.8. The molecule has 0 spiro atoms. The highest BCUT2D eigenvalue weighted by molar-refractivity contribution is 7.11. The molecule has 0 bridgehead atoms. The fourth-order valence-electron chi connectivity index (χ4n) is 2.64. The minimum Gasteiger partial charge on any atom is -0.493 e. The zero-order valence-corrected chi connectivity index (χ0v) is 16.3. The van der Waals surface area contributed by atoms with Crippen LogP contribution >= 0.6 is 11.3 Å². The van der Waals surface area contributed by atoms with Crippen LogP contribution < -0.4 is 14.2 Å². The van der Waals surface area contributed by atoms with E-state index >= 15 is 0 Å². The van der Waals surface area contributed by atoms with Crippen LogP contribution in [-0.4, -0.2) is 26.3 Å². The lowest BCUT2D eigenvalue weighted by Crippen LogP contribution is -1.95. The van der Waals surface area contributed by atoms with Gasteiger partial charge in [0, 0.05) is 10.9 Å². The molecule has 0 saturated carbocycles. The predicted molar refractivity (Wildman–Crippen MR) is 107 cm³/mol. The second kappa shape index (κ2) is 8.55. The van der Waals surface area contributed by atoms with Crippen LogP contribution in [0.15, 0.2) is 41.8 Å². The first kappa shape index (κ1) is 19.4. The van der Waals surface area contributed by atoms with Gasteiger partial charge >= 0.3 is 0 Å². The van der Waals surface area contributed by atoms with E-state index < -0.39 is 0 Å². The Balaban J connectivity index is 1.99. The number of rotatable bonds is 6. The third-order valence-corrected chi connectivity index (χ3v) is 4.87. The zero-order chi connectivity index (χ0) is 20.1. The van der Waals surface area contributed by atoms with Crippen molar-refractivity contribution in [2.45, 2.75) is 0 Å². The number of aromatic nitrogens is 1. The molecule has 1 heterocycles. The van der Waals surface area contributed by atoms with Crippen molar-refractivity contribution in [3.63, 3.8) is 0 Å². The molecular formula is C21H17FN2O3S. The average molecular weight is 396 g/mol. The Morgan fingerprint density at radius 2 is 1.71 bits per heavy atom. The van der Waals surface area contributed by atoms with Gasteiger partial charge in [-0.2, -0.15) is 5.26 Å². The number of thiazole rings is 1. The van der Waals surface area contributed by atoms with E-state index in [2.05, 4.69) is 11.1 Å². The van der Waals surface area contributed by atoms with Gasteiger partial charge < -0.3 is 14.2 Å². The quantitative estimate of drug-likeness (QED) is 0.546. The normalized spacial score (nSPS) is 11.0. The summed E-state index contributed by atoms with van der Waals surface area (Å²) in [6.45, 7) is 0. The molecule has 3 rings (SSSR count). The van der Waals surface area contributed by atoms with Gasteiger partial charge in [0.25, 0.3) is 0 Å². The van der Waals surface area contributed by atoms with Crippen LogP contribution in [0.5, 0.6) is 17.2 Å². The molecule has 0 fully saturated rings. The average Bonchev–Trinajstić information content (AvgIpc) is 3.21. The summed E-state index contributed by atoms with van der Waals surface area (Å²) >= 11 is 1.35. The summed E-state index contributed by atoms with van der Waals surface area (Å²) < 4.78 is 29.1. The van der Waals surface area contributed by atoms with Gasteiger partial charge in [-0.25, -0.2) is 9.37 Å². The van der Waals surface area contributed by atoms with Gasteiger partial charge in [-0.1, -0.05) is 0 Å². The predicted octanol–water partition coefficient (Wildman–Crippen LogP) is 5.04. The molecule has 0 aliphatic heterocycles. The summed E-state index contributed by atoms with van der Waals surface area (Å²) in [5.74, 6) is 1.17. The molecule has 2 aromatic carbocycles. The van der Waals surface area contributed by atoms with E-state index in [1.807, 2.05) is 5.38 Å². The molecule has 0 aliphatic rings. The SMILES string of the molecule is COc1cc(/C=C(\C#N)c2nc(-c3ccc(F)cc3)cs2)cc(OC)c1OC. The van der Waals surface area contributed by atoms with E-state index in [0.717, 1.165) is 5.56 Å². The number of ether oxygens (including phenoxy) is 3. The molecule has 0 aliphatic carbocycles. The number of allylic oxidation sites excluding steroid dienone is 1. The molecular weight excluding hydrogens is 379 g/mol. The maximum absolute atomic E-state index is 13.1. The highest BCUT2D eigenvalue weighted by Gasteiger charge is 2.14. The Hall–Kier alpha value is -3.37. The van der Waals surface area contributed by atoms with Crippen molar-refractivity contribution in [1.29, 1.82) is 5.26 Å². The van der Waals surface area contributed by atoms with Gasteiger partial charge in [-0.15, -0.1) is 11.3 Å². The van der Waals surface area contributed by atoms with Gasteiger partial charge in [0.1, 0.15) is 16.9 Å². The van der Waals surface area contributed by atoms with Crippen LogP contribution in [0, 0.1) is 17.1 Å². The van der Waals surface area contributed by atoms with Crippen LogP contribution in [-0.2, 0) is 0 Å². The third-order valence-electron chi connectivity index (χ3n) is 3.99. The molecule has 28 heavy (non-hydrogen) atoms. The standard InChI is InChI=1S/C21H17FN2O3S/c1-25-18-9-13(10-19(26-2)20(18)27-3)8-15(11-23)21-24-17(12-28-21)14-4-6-16(22)7-5-14/h4-10,12H,1-3H3/b15-8+. The molecule has 0 saturated heterocycles. The summed E-state index contributed by atoms with van der Waals surface area (Å²) in [5.41, 5.74) is 2.58. The fraction of sp³-hybridized carbons (Fsp3) is 0.143. The number of hydrogen-bond donors (Lipinski definition) is 0. The van der Waals surface area contributed by atoms with Crippen LogP contribution in [0.1, 0.15) is 10.6 Å². The first-order valence-electron chi connectivity index (χ1n) is 8.23. The van der Waals surface area contributed by atoms with Gasteiger partial charge in [0.2, 0.25) is 5.75 Å². The van der Waals surface area contributed by atoms with Crippen LogP contribution in [0.3, 0.4) is 0 Å². The Labute approximate surface area is 166 Å². The first-order valence-corrected chi connectivity index (χ1v) is 9.11. The van der Waals surface area contributed by atoms with Crippen molar-refractivity contribution in [2.24, 2.45) is 0 Å². The molecule has 5 nitrogen and oxygen atoms in total. The topological polar surface area (TPSA) is 64.4 Å². The van der Waals surface area contributed by atoms with Crippen LogP contribution in [0.2, 0.25) is 0 Å². The molecule has 142 valence electrons. The second-order valence-electron chi connectivity index (χ2n) is 5.67. The number of benzene rings is 2. The van der Waals surface area contributed by atoms with E-state index in [1.165, 1.54) is 44.8 Å². The van der Waals surface area contributed by atoms with Crippen LogP contribution in [0.4, 0.5) is 4.39 Å². The molecule has 3 aromatic rings. The first-order chi connectivity index (χ1) is 13.6. The van der Waals surface area contributed by atoms with Crippen molar-refractivity contribution in [1.82, 2.24) is 4.98 Å². The fourth-order valence-corrected chi connectivity index (χ4v) is 3.44. The molecule has 7 heteroatoms. The molecule has 0 radical (unpaired) electrons. The van der Waals surface area contributed by atoms with E-state index in [0.29, 0.717) is 39.1 Å². The molecule has 0 atom stereocenters. The summed E-state index contributed by atoms with van der Waals surface area (Å²) in [6.07, 6.45) is 1.71. The number of nitrogens with zero attached hydrogens (tertiary/aromatic N) is 2. The lowest BCUT2D eigenvalue weighted by molar-refractivity contribution is 0.324. The van der Waals surface area contributed by atoms with E-state index in [1.54, 1.807) is 30.3 Å². The van der Waals surface area contributed by atoms with Gasteiger partial charge in [0.15, 0.2) is 11.5 Å².